The number of H-pyrrole nitrogens is 1. The van der Waals surface area contributed by atoms with Crippen LogP contribution in [0.15, 0.2) is 35.1 Å². The molecule has 3 aromatic rings. The summed E-state index contributed by atoms with van der Waals surface area (Å²) in [5, 5.41) is 0.695. The van der Waals surface area contributed by atoms with Crippen molar-refractivity contribution < 1.29 is 14.3 Å². The number of aromatic amines is 1. The van der Waals surface area contributed by atoms with Crippen molar-refractivity contribution >= 4 is 52.2 Å². The molecule has 0 amide bonds. The Morgan fingerprint density at radius 3 is 2.62 bits per heavy atom. The maximum absolute atomic E-state index is 12.9. The van der Waals surface area contributed by atoms with Gasteiger partial charge in [-0.25, -0.2) is 4.57 Å². The zero-order chi connectivity index (χ0) is 18.4. The zero-order valence-corrected chi connectivity index (χ0v) is 15.4. The fraction of sp³-hybridized carbons (Fsp3) is 0.118. The van der Waals surface area contributed by atoms with E-state index in [1.54, 1.807) is 12.1 Å². The molecule has 2 aromatic carbocycles. The highest BCUT2D eigenvalue weighted by Gasteiger charge is 2.19. The van der Waals surface area contributed by atoms with E-state index < -0.39 is 11.5 Å². The summed E-state index contributed by atoms with van der Waals surface area (Å²) < 4.78 is 11.7. The summed E-state index contributed by atoms with van der Waals surface area (Å²) in [6, 6.07) is 7.61. The third-order valence-electron chi connectivity index (χ3n) is 3.92. The first-order valence-electron chi connectivity index (χ1n) is 7.54. The smallest absolute Gasteiger partial charge is 0.269 e. The lowest BCUT2D eigenvalue weighted by molar-refractivity contribution is 0.0952. The van der Waals surface area contributed by atoms with Gasteiger partial charge in [-0.05, 0) is 42.5 Å². The van der Waals surface area contributed by atoms with Crippen molar-refractivity contribution in [3.05, 3.63) is 61.1 Å². The first-order chi connectivity index (χ1) is 12.5. The average molecular weight is 409 g/mol. The van der Waals surface area contributed by atoms with Gasteiger partial charge in [0.05, 0.1) is 15.9 Å². The summed E-state index contributed by atoms with van der Waals surface area (Å²) in [7, 11) is 0. The minimum atomic E-state index is -0.604. The lowest BCUT2D eigenvalue weighted by Gasteiger charge is -2.18. The van der Waals surface area contributed by atoms with E-state index in [1.165, 1.54) is 18.2 Å². The van der Waals surface area contributed by atoms with Crippen molar-refractivity contribution in [3.8, 4) is 11.5 Å². The van der Waals surface area contributed by atoms with Crippen molar-refractivity contribution in [1.29, 1.82) is 0 Å². The van der Waals surface area contributed by atoms with Crippen LogP contribution in [-0.2, 0) is 0 Å². The predicted molar refractivity (Wildman–Crippen MR) is 101 cm³/mol. The van der Waals surface area contributed by atoms with Crippen molar-refractivity contribution in [3.63, 3.8) is 0 Å². The second kappa shape index (κ2) is 6.42. The van der Waals surface area contributed by atoms with E-state index in [1.807, 2.05) is 0 Å². The van der Waals surface area contributed by atoms with Gasteiger partial charge in [0, 0.05) is 10.6 Å². The molecule has 0 aliphatic carbocycles. The number of carbonyl (C=O) groups is 1. The van der Waals surface area contributed by atoms with Crippen LogP contribution in [0.25, 0.3) is 10.9 Å². The first kappa shape index (κ1) is 17.1. The normalized spacial score (nSPS) is 13.0. The number of nitrogens with zero attached hydrogens (tertiary/aromatic N) is 1. The molecule has 1 aliphatic rings. The first-order valence-corrected chi connectivity index (χ1v) is 8.70. The Hall–Kier alpha value is -2.35. The van der Waals surface area contributed by atoms with Crippen molar-refractivity contribution in [1.82, 2.24) is 9.55 Å². The van der Waals surface area contributed by atoms with E-state index in [0.717, 1.165) is 4.57 Å². The Bertz CT molecular complexity index is 1190. The molecule has 1 aliphatic heterocycles. The molecular weight excluding hydrogens is 399 g/mol. The second-order valence-corrected chi connectivity index (χ2v) is 6.77. The van der Waals surface area contributed by atoms with Crippen LogP contribution >= 0.6 is 35.4 Å². The number of aromatic nitrogens is 2. The van der Waals surface area contributed by atoms with Crippen LogP contribution in [0.1, 0.15) is 10.4 Å². The molecule has 0 spiro atoms. The molecule has 0 bridgehead atoms. The summed E-state index contributed by atoms with van der Waals surface area (Å²) in [5.74, 6) is 0.394. The van der Waals surface area contributed by atoms with Gasteiger partial charge in [0.2, 0.25) is 0 Å². The fourth-order valence-electron chi connectivity index (χ4n) is 2.73. The summed E-state index contributed by atoms with van der Waals surface area (Å²) in [6.07, 6.45) is 0. The lowest BCUT2D eigenvalue weighted by Crippen LogP contribution is -2.29. The van der Waals surface area contributed by atoms with Crippen LogP contribution in [0, 0.1) is 4.77 Å². The number of hydrogen-bond donors (Lipinski definition) is 1. The minimum absolute atomic E-state index is 0.0633. The third-order valence-corrected chi connectivity index (χ3v) is 4.72. The molecule has 0 saturated heterocycles. The Labute approximate surface area is 161 Å². The standard InChI is InChI=1S/C17H10Cl2N2O4S/c18-9-6-10-14(11(19)7-9)20-17(26)21(16(10)23)15(22)8-1-2-12-13(5-8)25-4-3-24-12/h1-2,5-7H,3-4H2,(H,20,26). The van der Waals surface area contributed by atoms with Gasteiger partial charge in [0.15, 0.2) is 16.3 Å². The van der Waals surface area contributed by atoms with Crippen LogP contribution in [0.3, 0.4) is 0 Å². The monoisotopic (exact) mass is 408 g/mol. The molecule has 2 heterocycles. The Balaban J connectivity index is 1.90. The highest BCUT2D eigenvalue weighted by molar-refractivity contribution is 7.71. The van der Waals surface area contributed by atoms with Gasteiger partial charge in [-0.15, -0.1) is 0 Å². The number of rotatable bonds is 1. The van der Waals surface area contributed by atoms with Gasteiger partial charge in [-0.3, -0.25) is 9.59 Å². The number of halogens is 2. The number of benzene rings is 2. The van der Waals surface area contributed by atoms with E-state index >= 15 is 0 Å². The molecule has 0 unspecified atom stereocenters. The molecule has 0 atom stereocenters. The number of fused-ring (bicyclic) bond motifs is 2. The largest absolute Gasteiger partial charge is 0.486 e. The van der Waals surface area contributed by atoms with Crippen molar-refractivity contribution in [2.45, 2.75) is 0 Å². The maximum Gasteiger partial charge on any atom is 0.269 e. The van der Waals surface area contributed by atoms with Gasteiger partial charge >= 0.3 is 0 Å². The summed E-state index contributed by atoms with van der Waals surface area (Å²) in [5.41, 5.74) is -0.0337. The minimum Gasteiger partial charge on any atom is -0.486 e. The molecule has 1 aromatic heterocycles. The lowest BCUT2D eigenvalue weighted by atomic mass is 10.1. The third kappa shape index (κ3) is 2.78. The molecule has 1 N–H and O–H groups in total. The van der Waals surface area contributed by atoms with Gasteiger partial charge in [-0.1, -0.05) is 23.2 Å². The number of carbonyl (C=O) groups excluding carboxylic acids is 1. The molecule has 6 nitrogen and oxygen atoms in total. The van der Waals surface area contributed by atoms with E-state index in [9.17, 15) is 9.59 Å². The predicted octanol–water partition coefficient (Wildman–Crippen LogP) is 3.83. The Morgan fingerprint density at radius 1 is 1.12 bits per heavy atom. The van der Waals surface area contributed by atoms with E-state index in [0.29, 0.717) is 30.2 Å². The summed E-state index contributed by atoms with van der Waals surface area (Å²) in [4.78, 5) is 28.6. The van der Waals surface area contributed by atoms with Crippen LogP contribution in [0.2, 0.25) is 10.0 Å². The highest BCUT2D eigenvalue weighted by atomic mass is 35.5. The maximum atomic E-state index is 12.9. The molecular formula is C17H10Cl2N2O4S. The van der Waals surface area contributed by atoms with Crippen LogP contribution in [0.4, 0.5) is 0 Å². The van der Waals surface area contributed by atoms with E-state index in [4.69, 9.17) is 44.9 Å². The zero-order valence-electron chi connectivity index (χ0n) is 13.0. The number of ether oxygens (including phenoxy) is 2. The molecule has 4 rings (SSSR count). The quantitative estimate of drug-likeness (QED) is 0.619. The van der Waals surface area contributed by atoms with E-state index in [2.05, 4.69) is 4.98 Å². The van der Waals surface area contributed by atoms with Crippen molar-refractivity contribution in [2.75, 3.05) is 13.2 Å². The van der Waals surface area contributed by atoms with Gasteiger partial charge < -0.3 is 14.5 Å². The summed E-state index contributed by atoms with van der Waals surface area (Å²) >= 11 is 17.3. The van der Waals surface area contributed by atoms with Gasteiger partial charge in [-0.2, -0.15) is 0 Å². The number of nitrogens with one attached hydrogen (secondary N) is 1. The molecule has 26 heavy (non-hydrogen) atoms. The molecule has 9 heteroatoms. The molecule has 0 radical (unpaired) electrons. The Kier molecular flexibility index (Phi) is 4.22. The number of hydrogen-bond acceptors (Lipinski definition) is 5. The van der Waals surface area contributed by atoms with Gasteiger partial charge in [0.25, 0.3) is 11.5 Å². The molecule has 0 saturated carbocycles. The SMILES string of the molecule is O=C(c1ccc2c(c1)OCCO2)n1c(=S)[nH]c2c(Cl)cc(Cl)cc2c1=O. The fourth-order valence-corrected chi connectivity index (χ4v) is 3.54. The van der Waals surface area contributed by atoms with Crippen molar-refractivity contribution in [2.24, 2.45) is 0 Å². The highest BCUT2D eigenvalue weighted by Crippen LogP contribution is 2.31. The average Bonchev–Trinajstić information content (AvgIpc) is 2.62. The van der Waals surface area contributed by atoms with E-state index in [-0.39, 0.29) is 25.8 Å². The van der Waals surface area contributed by atoms with Crippen LogP contribution in [-0.4, -0.2) is 28.7 Å². The van der Waals surface area contributed by atoms with Gasteiger partial charge in [0.1, 0.15) is 13.2 Å². The van der Waals surface area contributed by atoms with Crippen LogP contribution in [0.5, 0.6) is 11.5 Å². The van der Waals surface area contributed by atoms with Crippen LogP contribution < -0.4 is 15.0 Å². The topological polar surface area (TPSA) is 73.3 Å². The summed E-state index contributed by atoms with van der Waals surface area (Å²) in [6.45, 7) is 0.828. The Morgan fingerprint density at radius 2 is 1.85 bits per heavy atom. The second-order valence-electron chi connectivity index (χ2n) is 5.54. The molecule has 132 valence electrons. The molecule has 0 fully saturated rings.